The number of rotatable bonds is 3. The number of carbonyl (C=O) groups is 1. The molecule has 1 saturated heterocycles. The van der Waals surface area contributed by atoms with Crippen molar-refractivity contribution in [2.75, 3.05) is 6.54 Å². The highest BCUT2D eigenvalue weighted by atomic mass is 16.4. The van der Waals surface area contributed by atoms with Crippen molar-refractivity contribution in [3.63, 3.8) is 0 Å². The van der Waals surface area contributed by atoms with Crippen LogP contribution in [0.2, 0.25) is 0 Å². The second-order valence-corrected chi connectivity index (χ2v) is 5.15. The van der Waals surface area contributed by atoms with Crippen LogP contribution in [0, 0.1) is 0 Å². The second-order valence-electron chi connectivity index (χ2n) is 5.15. The number of nitrogens with zero attached hydrogens (tertiary/aromatic N) is 1. The van der Waals surface area contributed by atoms with Crippen LogP contribution in [0.3, 0.4) is 0 Å². The van der Waals surface area contributed by atoms with Gasteiger partial charge in [0.2, 0.25) is 0 Å². The van der Waals surface area contributed by atoms with E-state index in [0.29, 0.717) is 6.42 Å². The van der Waals surface area contributed by atoms with Gasteiger partial charge in [-0.15, -0.1) is 0 Å². The summed E-state index contributed by atoms with van der Waals surface area (Å²) in [6.07, 6.45) is 1.57. The molecule has 2 unspecified atom stereocenters. The lowest BCUT2D eigenvalue weighted by Crippen LogP contribution is -2.48. The van der Waals surface area contributed by atoms with Gasteiger partial charge in [0.25, 0.3) is 0 Å². The van der Waals surface area contributed by atoms with Crippen molar-refractivity contribution in [3.8, 4) is 5.75 Å². The van der Waals surface area contributed by atoms with Gasteiger partial charge in [-0.05, 0) is 50.9 Å². The Morgan fingerprint density at radius 1 is 1.50 bits per heavy atom. The normalized spacial score (nSPS) is 26.1. The molecular weight excluding hydrogens is 230 g/mol. The molecule has 1 fully saturated rings. The molecule has 1 aromatic carbocycles. The van der Waals surface area contributed by atoms with Crippen LogP contribution in [-0.4, -0.2) is 33.2 Å². The van der Waals surface area contributed by atoms with Crippen LogP contribution in [0.15, 0.2) is 24.3 Å². The average molecular weight is 249 g/mol. The van der Waals surface area contributed by atoms with Crippen molar-refractivity contribution in [2.45, 2.75) is 38.3 Å². The van der Waals surface area contributed by atoms with Crippen LogP contribution in [0.25, 0.3) is 0 Å². The monoisotopic (exact) mass is 249 g/mol. The molecule has 18 heavy (non-hydrogen) atoms. The molecule has 4 nitrogen and oxygen atoms in total. The third-order valence-electron chi connectivity index (χ3n) is 3.98. The summed E-state index contributed by atoms with van der Waals surface area (Å²) >= 11 is 0. The molecule has 4 heteroatoms. The molecule has 0 bridgehead atoms. The third kappa shape index (κ3) is 2.08. The van der Waals surface area contributed by atoms with Crippen LogP contribution < -0.4 is 0 Å². The summed E-state index contributed by atoms with van der Waals surface area (Å²) < 4.78 is 0. The molecule has 0 spiro atoms. The first-order valence-corrected chi connectivity index (χ1v) is 6.24. The first kappa shape index (κ1) is 12.9. The number of likely N-dealkylation sites (tertiary alicyclic amines) is 1. The topological polar surface area (TPSA) is 60.8 Å². The lowest BCUT2D eigenvalue weighted by molar-refractivity contribution is -0.149. The van der Waals surface area contributed by atoms with E-state index in [0.717, 1.165) is 18.5 Å². The zero-order valence-electron chi connectivity index (χ0n) is 10.8. The molecular formula is C14H19NO3. The van der Waals surface area contributed by atoms with Crippen LogP contribution >= 0.6 is 0 Å². The van der Waals surface area contributed by atoms with E-state index >= 15 is 0 Å². The van der Waals surface area contributed by atoms with E-state index in [4.69, 9.17) is 0 Å². The number of carboxylic acid groups (broad SMARTS) is 1. The van der Waals surface area contributed by atoms with Gasteiger partial charge in [0, 0.05) is 6.04 Å². The van der Waals surface area contributed by atoms with Crippen molar-refractivity contribution in [1.29, 1.82) is 0 Å². The van der Waals surface area contributed by atoms with Crippen molar-refractivity contribution in [3.05, 3.63) is 29.8 Å². The SMILES string of the molecule is CC(c1cccc(O)c1)N1CCCC1(C)C(=O)O. The van der Waals surface area contributed by atoms with E-state index in [1.54, 1.807) is 25.1 Å². The number of phenols is 1. The zero-order valence-corrected chi connectivity index (χ0v) is 10.8. The van der Waals surface area contributed by atoms with Crippen molar-refractivity contribution >= 4 is 5.97 Å². The van der Waals surface area contributed by atoms with Crippen LogP contribution in [-0.2, 0) is 4.79 Å². The van der Waals surface area contributed by atoms with Crippen LogP contribution in [0.4, 0.5) is 0 Å². The molecule has 2 atom stereocenters. The van der Waals surface area contributed by atoms with E-state index in [1.807, 2.05) is 17.9 Å². The summed E-state index contributed by atoms with van der Waals surface area (Å²) in [6, 6.07) is 7.02. The molecule has 1 heterocycles. The number of aliphatic carboxylic acids is 1. The van der Waals surface area contributed by atoms with Gasteiger partial charge in [-0.3, -0.25) is 9.69 Å². The Hall–Kier alpha value is -1.55. The fourth-order valence-corrected chi connectivity index (χ4v) is 2.80. The maximum absolute atomic E-state index is 11.4. The second kappa shape index (κ2) is 4.61. The van der Waals surface area contributed by atoms with Crippen molar-refractivity contribution in [1.82, 2.24) is 4.90 Å². The molecule has 2 rings (SSSR count). The van der Waals surface area contributed by atoms with Crippen LogP contribution in [0.5, 0.6) is 5.75 Å². The molecule has 1 aromatic rings. The van der Waals surface area contributed by atoms with Crippen LogP contribution in [0.1, 0.15) is 38.3 Å². The molecule has 0 amide bonds. The lowest BCUT2D eigenvalue weighted by Gasteiger charge is -2.36. The predicted molar refractivity (Wildman–Crippen MR) is 68.5 cm³/mol. The molecule has 0 saturated carbocycles. The van der Waals surface area contributed by atoms with Crippen molar-refractivity contribution in [2.24, 2.45) is 0 Å². The average Bonchev–Trinajstić information content (AvgIpc) is 2.72. The summed E-state index contributed by atoms with van der Waals surface area (Å²) in [5, 5.41) is 18.9. The smallest absolute Gasteiger partial charge is 0.323 e. The van der Waals surface area contributed by atoms with E-state index in [2.05, 4.69) is 0 Å². The Morgan fingerprint density at radius 3 is 2.83 bits per heavy atom. The number of phenolic OH excluding ortho intramolecular Hbond substituents is 1. The van der Waals surface area contributed by atoms with Gasteiger partial charge in [-0.25, -0.2) is 0 Å². The van der Waals surface area contributed by atoms with Gasteiger partial charge in [0.15, 0.2) is 0 Å². The number of hydrogen-bond donors (Lipinski definition) is 2. The first-order valence-electron chi connectivity index (χ1n) is 6.24. The van der Waals surface area contributed by atoms with Crippen molar-refractivity contribution < 1.29 is 15.0 Å². The Balaban J connectivity index is 2.28. The molecule has 98 valence electrons. The molecule has 0 radical (unpaired) electrons. The lowest BCUT2D eigenvalue weighted by atomic mass is 9.96. The minimum atomic E-state index is -0.801. The highest BCUT2D eigenvalue weighted by molar-refractivity contribution is 5.78. The summed E-state index contributed by atoms with van der Waals surface area (Å²) in [4.78, 5) is 13.4. The molecule has 2 N–H and O–H groups in total. The van der Waals surface area contributed by atoms with Gasteiger partial charge in [0.05, 0.1) is 0 Å². The Morgan fingerprint density at radius 2 is 2.22 bits per heavy atom. The molecule has 1 aliphatic rings. The Labute approximate surface area is 107 Å². The van der Waals surface area contributed by atoms with Gasteiger partial charge >= 0.3 is 5.97 Å². The van der Waals surface area contributed by atoms with E-state index in [9.17, 15) is 15.0 Å². The number of aromatic hydroxyl groups is 1. The minimum absolute atomic E-state index is 0.0132. The minimum Gasteiger partial charge on any atom is -0.508 e. The summed E-state index contributed by atoms with van der Waals surface area (Å²) in [5.41, 5.74) is 0.148. The highest BCUT2D eigenvalue weighted by Gasteiger charge is 2.45. The largest absolute Gasteiger partial charge is 0.508 e. The third-order valence-corrected chi connectivity index (χ3v) is 3.98. The summed E-state index contributed by atoms with van der Waals surface area (Å²) in [6.45, 7) is 4.54. The Kier molecular flexibility index (Phi) is 3.30. The van der Waals surface area contributed by atoms with Gasteiger partial charge < -0.3 is 10.2 Å². The molecule has 0 aliphatic carbocycles. The van der Waals surface area contributed by atoms with Gasteiger partial charge in [-0.1, -0.05) is 12.1 Å². The van der Waals surface area contributed by atoms with E-state index in [1.165, 1.54) is 0 Å². The fourth-order valence-electron chi connectivity index (χ4n) is 2.80. The number of carboxylic acids is 1. The maximum atomic E-state index is 11.4. The van der Waals surface area contributed by atoms with Gasteiger partial charge in [0.1, 0.15) is 11.3 Å². The number of benzene rings is 1. The van der Waals surface area contributed by atoms with Gasteiger partial charge in [-0.2, -0.15) is 0 Å². The molecule has 1 aliphatic heterocycles. The highest BCUT2D eigenvalue weighted by Crippen LogP contribution is 2.37. The molecule has 0 aromatic heterocycles. The van der Waals surface area contributed by atoms with E-state index < -0.39 is 11.5 Å². The standard InChI is InChI=1S/C14H19NO3/c1-10(11-5-3-6-12(16)9-11)15-8-4-7-14(15,2)13(17)18/h3,5-6,9-10,16H,4,7-8H2,1-2H3,(H,17,18). The van der Waals surface area contributed by atoms with E-state index in [-0.39, 0.29) is 11.8 Å². The number of hydrogen-bond acceptors (Lipinski definition) is 3. The maximum Gasteiger partial charge on any atom is 0.323 e. The fraction of sp³-hybridized carbons (Fsp3) is 0.500. The summed E-state index contributed by atoms with van der Waals surface area (Å²) in [5.74, 6) is -0.553. The zero-order chi connectivity index (χ0) is 13.3. The Bertz CT molecular complexity index is 460. The quantitative estimate of drug-likeness (QED) is 0.863. The predicted octanol–water partition coefficient (Wildman–Crippen LogP) is 2.39. The summed E-state index contributed by atoms with van der Waals surface area (Å²) in [7, 11) is 0. The first-order chi connectivity index (χ1) is 8.45.